The second kappa shape index (κ2) is 7.49. The van der Waals surface area contributed by atoms with Crippen LogP contribution in [0.25, 0.3) is 0 Å². The Morgan fingerprint density at radius 3 is 2.32 bits per heavy atom. The third kappa shape index (κ3) is 3.52. The number of phenols is 2. The van der Waals surface area contributed by atoms with Crippen molar-refractivity contribution in [1.82, 2.24) is 0 Å². The highest BCUT2D eigenvalue weighted by Gasteiger charge is 2.22. The molecule has 0 atom stereocenters. The van der Waals surface area contributed by atoms with Crippen molar-refractivity contribution in [2.45, 2.75) is 64.9 Å². The van der Waals surface area contributed by atoms with Gasteiger partial charge in [-0.05, 0) is 73.4 Å². The van der Waals surface area contributed by atoms with Gasteiger partial charge in [-0.2, -0.15) is 0 Å². The zero-order chi connectivity index (χ0) is 18.0. The molecule has 0 aliphatic heterocycles. The van der Waals surface area contributed by atoms with Crippen molar-refractivity contribution in [3.8, 4) is 11.5 Å². The van der Waals surface area contributed by atoms with Crippen LogP contribution in [-0.2, 0) is 13.0 Å². The van der Waals surface area contributed by atoms with Crippen LogP contribution in [0.5, 0.6) is 11.5 Å². The number of rotatable bonds is 4. The molecule has 2 aromatic carbocycles. The summed E-state index contributed by atoms with van der Waals surface area (Å²) < 4.78 is 0. The topological polar surface area (TPSA) is 60.7 Å². The van der Waals surface area contributed by atoms with Crippen molar-refractivity contribution in [2.75, 3.05) is 0 Å². The fraction of sp³-hybridized carbons (Fsp3) is 0.455. The summed E-state index contributed by atoms with van der Waals surface area (Å²) in [5.74, 6) is 0.978. The molecular weight excluding hydrogens is 312 g/mol. The number of aliphatic hydroxyl groups is 1. The predicted molar refractivity (Wildman–Crippen MR) is 100 cm³/mol. The SMILES string of the molecule is Cc1c(Cc2cccc(O)c2C2CCCCC2)cc(O)c(CO)c1C. The molecule has 0 radical (unpaired) electrons. The second-order valence-corrected chi connectivity index (χ2v) is 7.30. The maximum atomic E-state index is 10.5. The average Bonchev–Trinajstić information content (AvgIpc) is 2.61. The molecule has 1 fully saturated rings. The molecule has 3 N–H and O–H groups in total. The molecule has 25 heavy (non-hydrogen) atoms. The predicted octanol–water partition coefficient (Wildman–Crippen LogP) is 4.85. The summed E-state index contributed by atoms with van der Waals surface area (Å²) in [7, 11) is 0. The van der Waals surface area contributed by atoms with Crippen LogP contribution in [0.1, 0.15) is 71.4 Å². The Morgan fingerprint density at radius 1 is 0.920 bits per heavy atom. The van der Waals surface area contributed by atoms with E-state index in [1.54, 1.807) is 12.1 Å². The molecule has 0 heterocycles. The normalized spacial score (nSPS) is 15.5. The Hall–Kier alpha value is -2.00. The number of hydrogen-bond acceptors (Lipinski definition) is 3. The van der Waals surface area contributed by atoms with Crippen LogP contribution in [0.4, 0.5) is 0 Å². The first-order valence-electron chi connectivity index (χ1n) is 9.25. The quantitative estimate of drug-likeness (QED) is 0.746. The summed E-state index contributed by atoms with van der Waals surface area (Å²) in [5, 5.41) is 30.2. The molecule has 1 saturated carbocycles. The van der Waals surface area contributed by atoms with Gasteiger partial charge in [-0.3, -0.25) is 0 Å². The van der Waals surface area contributed by atoms with Gasteiger partial charge in [-0.25, -0.2) is 0 Å². The first kappa shape index (κ1) is 17.8. The van der Waals surface area contributed by atoms with Crippen LogP contribution < -0.4 is 0 Å². The maximum absolute atomic E-state index is 10.5. The van der Waals surface area contributed by atoms with Gasteiger partial charge in [-0.15, -0.1) is 0 Å². The lowest BCUT2D eigenvalue weighted by Crippen LogP contribution is -2.09. The number of hydrogen-bond donors (Lipinski definition) is 3. The van der Waals surface area contributed by atoms with Crippen LogP contribution in [-0.4, -0.2) is 15.3 Å². The maximum Gasteiger partial charge on any atom is 0.121 e. The molecule has 0 amide bonds. The van der Waals surface area contributed by atoms with Crippen LogP contribution in [0.3, 0.4) is 0 Å². The van der Waals surface area contributed by atoms with E-state index in [9.17, 15) is 15.3 Å². The lowest BCUT2D eigenvalue weighted by molar-refractivity contribution is 0.274. The Bertz CT molecular complexity index is 758. The van der Waals surface area contributed by atoms with Crippen LogP contribution in [0.15, 0.2) is 24.3 Å². The molecule has 0 bridgehead atoms. The van der Waals surface area contributed by atoms with Gasteiger partial charge in [-0.1, -0.05) is 31.4 Å². The van der Waals surface area contributed by atoms with Gasteiger partial charge in [0.1, 0.15) is 11.5 Å². The Balaban J connectivity index is 2.00. The fourth-order valence-electron chi connectivity index (χ4n) is 4.22. The summed E-state index contributed by atoms with van der Waals surface area (Å²) in [6.45, 7) is 3.82. The van der Waals surface area contributed by atoms with Crippen molar-refractivity contribution >= 4 is 0 Å². The minimum Gasteiger partial charge on any atom is -0.508 e. The summed E-state index contributed by atoms with van der Waals surface area (Å²) in [5.41, 5.74) is 5.92. The summed E-state index contributed by atoms with van der Waals surface area (Å²) in [6, 6.07) is 7.55. The van der Waals surface area contributed by atoms with Crippen molar-refractivity contribution < 1.29 is 15.3 Å². The highest BCUT2D eigenvalue weighted by molar-refractivity contribution is 5.51. The van der Waals surface area contributed by atoms with Gasteiger partial charge >= 0.3 is 0 Å². The molecule has 2 aromatic rings. The van der Waals surface area contributed by atoms with E-state index in [2.05, 4.69) is 6.07 Å². The van der Waals surface area contributed by atoms with Crippen LogP contribution in [0.2, 0.25) is 0 Å². The first-order chi connectivity index (χ1) is 12.0. The smallest absolute Gasteiger partial charge is 0.121 e. The Labute approximate surface area is 150 Å². The van der Waals surface area contributed by atoms with Gasteiger partial charge in [0, 0.05) is 11.1 Å². The van der Waals surface area contributed by atoms with E-state index in [0.717, 1.165) is 40.7 Å². The third-order valence-electron chi connectivity index (χ3n) is 5.84. The average molecular weight is 340 g/mol. The van der Waals surface area contributed by atoms with E-state index in [1.807, 2.05) is 19.9 Å². The van der Waals surface area contributed by atoms with Gasteiger partial charge in [0.25, 0.3) is 0 Å². The summed E-state index contributed by atoms with van der Waals surface area (Å²) >= 11 is 0. The van der Waals surface area contributed by atoms with E-state index in [-0.39, 0.29) is 12.4 Å². The van der Waals surface area contributed by atoms with E-state index < -0.39 is 0 Å². The minimum absolute atomic E-state index is 0.153. The molecule has 0 saturated heterocycles. The number of phenolic OH excluding ortho intramolecular Hbond substituents is 1. The Kier molecular flexibility index (Phi) is 5.33. The fourth-order valence-corrected chi connectivity index (χ4v) is 4.22. The molecule has 3 rings (SSSR count). The van der Waals surface area contributed by atoms with E-state index in [0.29, 0.717) is 23.7 Å². The van der Waals surface area contributed by atoms with Crippen molar-refractivity contribution in [2.24, 2.45) is 0 Å². The third-order valence-corrected chi connectivity index (χ3v) is 5.84. The largest absolute Gasteiger partial charge is 0.508 e. The van der Waals surface area contributed by atoms with Gasteiger partial charge in [0.05, 0.1) is 6.61 Å². The molecule has 3 heteroatoms. The van der Waals surface area contributed by atoms with Crippen molar-refractivity contribution in [3.63, 3.8) is 0 Å². The van der Waals surface area contributed by atoms with E-state index in [1.165, 1.54) is 19.3 Å². The van der Waals surface area contributed by atoms with Crippen molar-refractivity contribution in [1.29, 1.82) is 0 Å². The lowest BCUT2D eigenvalue weighted by atomic mass is 9.80. The van der Waals surface area contributed by atoms with Crippen LogP contribution in [0, 0.1) is 13.8 Å². The molecule has 0 spiro atoms. The second-order valence-electron chi connectivity index (χ2n) is 7.30. The summed E-state index contributed by atoms with van der Waals surface area (Å²) in [6.07, 6.45) is 6.69. The molecule has 1 aliphatic carbocycles. The molecule has 1 aliphatic rings. The van der Waals surface area contributed by atoms with Crippen LogP contribution >= 0.6 is 0 Å². The highest BCUT2D eigenvalue weighted by atomic mass is 16.3. The lowest BCUT2D eigenvalue weighted by Gasteiger charge is -2.25. The van der Waals surface area contributed by atoms with Gasteiger partial charge < -0.3 is 15.3 Å². The zero-order valence-corrected chi connectivity index (χ0v) is 15.2. The van der Waals surface area contributed by atoms with E-state index >= 15 is 0 Å². The van der Waals surface area contributed by atoms with Gasteiger partial charge in [0.2, 0.25) is 0 Å². The first-order valence-corrected chi connectivity index (χ1v) is 9.25. The summed E-state index contributed by atoms with van der Waals surface area (Å²) in [4.78, 5) is 0. The minimum atomic E-state index is -0.155. The molecule has 3 nitrogen and oxygen atoms in total. The van der Waals surface area contributed by atoms with Gasteiger partial charge in [0.15, 0.2) is 0 Å². The monoisotopic (exact) mass is 340 g/mol. The Morgan fingerprint density at radius 2 is 1.64 bits per heavy atom. The molecule has 0 unspecified atom stereocenters. The number of benzene rings is 2. The molecule has 134 valence electrons. The highest BCUT2D eigenvalue weighted by Crippen LogP contribution is 2.40. The molecular formula is C22H28O3. The number of aliphatic hydroxyl groups excluding tert-OH is 1. The van der Waals surface area contributed by atoms with E-state index in [4.69, 9.17) is 0 Å². The standard InChI is InChI=1S/C22H28O3/c1-14-15(2)19(13-23)21(25)12-18(14)11-17-9-6-10-20(24)22(17)16-7-4-3-5-8-16/h6,9-10,12,16,23-25H,3-5,7-8,11,13H2,1-2H3. The van der Waals surface area contributed by atoms with Crippen molar-refractivity contribution in [3.05, 3.63) is 57.6 Å². The molecule has 0 aromatic heterocycles. The zero-order valence-electron chi connectivity index (χ0n) is 15.2. The number of aromatic hydroxyl groups is 2.